The van der Waals surface area contributed by atoms with Gasteiger partial charge in [0, 0.05) is 24.7 Å². The Balaban J connectivity index is 1.13. The van der Waals surface area contributed by atoms with Crippen LogP contribution < -0.4 is 14.8 Å². The molecule has 4 heterocycles. The standard InChI is InChI=1S/C26H31N5O3/c1-33-25-10-6-5-7-20(25)14-27-26(32)24-17-30-12-11-19(24)13-22(30)16-31-15-21(28-29-31)18-34-23-8-3-2-4-9-23/h2-10,15,19,22,24H,11-14,16-18H2,1H3,(H,27,32)/t19-,22-,24+/m1/s1. The second-order valence-corrected chi connectivity index (χ2v) is 9.10. The van der Waals surface area contributed by atoms with E-state index in [0.717, 1.165) is 55.2 Å². The van der Waals surface area contributed by atoms with Crippen molar-refractivity contribution in [1.82, 2.24) is 25.2 Å². The third-order valence-electron chi connectivity index (χ3n) is 6.97. The first-order valence-corrected chi connectivity index (χ1v) is 11.9. The van der Waals surface area contributed by atoms with E-state index in [1.807, 2.05) is 65.5 Å². The second kappa shape index (κ2) is 10.3. The Labute approximate surface area is 199 Å². The summed E-state index contributed by atoms with van der Waals surface area (Å²) in [6, 6.07) is 17.9. The summed E-state index contributed by atoms with van der Waals surface area (Å²) >= 11 is 0. The monoisotopic (exact) mass is 461 g/mol. The van der Waals surface area contributed by atoms with Gasteiger partial charge in [0.25, 0.3) is 0 Å². The third kappa shape index (κ3) is 5.07. The molecule has 4 atom stereocenters. The lowest BCUT2D eigenvalue weighted by Gasteiger charge is -2.49. The summed E-state index contributed by atoms with van der Waals surface area (Å²) in [5, 5.41) is 11.7. The number of carbonyl (C=O) groups is 1. The average Bonchev–Trinajstić information content (AvgIpc) is 3.34. The number of ether oxygens (including phenoxy) is 2. The Hall–Kier alpha value is -3.39. The van der Waals surface area contributed by atoms with E-state index in [0.29, 0.717) is 25.1 Å². The summed E-state index contributed by atoms with van der Waals surface area (Å²) in [6.45, 7) is 3.50. The topological polar surface area (TPSA) is 81.5 Å². The van der Waals surface area contributed by atoms with Gasteiger partial charge in [-0.25, -0.2) is 0 Å². The molecule has 178 valence electrons. The lowest BCUT2D eigenvalue weighted by atomic mass is 9.75. The first-order valence-electron chi connectivity index (χ1n) is 11.9. The Kier molecular flexibility index (Phi) is 6.76. The molecule has 0 spiro atoms. The van der Waals surface area contributed by atoms with Gasteiger partial charge in [0.15, 0.2) is 0 Å². The summed E-state index contributed by atoms with van der Waals surface area (Å²) in [5.41, 5.74) is 1.81. The highest BCUT2D eigenvalue weighted by atomic mass is 16.5. The van der Waals surface area contributed by atoms with E-state index in [9.17, 15) is 4.79 Å². The zero-order chi connectivity index (χ0) is 23.3. The zero-order valence-electron chi connectivity index (χ0n) is 19.5. The van der Waals surface area contributed by atoms with Crippen molar-refractivity contribution in [3.8, 4) is 11.5 Å². The minimum absolute atomic E-state index is 0.0327. The molecule has 0 saturated carbocycles. The number of fused-ring (bicyclic) bond motifs is 3. The lowest BCUT2D eigenvalue weighted by molar-refractivity contribution is -0.133. The number of aromatic nitrogens is 3. The molecule has 8 nitrogen and oxygen atoms in total. The van der Waals surface area contributed by atoms with Gasteiger partial charge in [-0.05, 0) is 43.5 Å². The van der Waals surface area contributed by atoms with E-state index < -0.39 is 0 Å². The van der Waals surface area contributed by atoms with Gasteiger partial charge in [0.1, 0.15) is 23.8 Å². The highest BCUT2D eigenvalue weighted by Crippen LogP contribution is 2.37. The average molecular weight is 462 g/mol. The van der Waals surface area contributed by atoms with E-state index in [-0.39, 0.29) is 11.8 Å². The fourth-order valence-corrected chi connectivity index (χ4v) is 5.17. The van der Waals surface area contributed by atoms with Crippen LogP contribution in [0.1, 0.15) is 24.1 Å². The summed E-state index contributed by atoms with van der Waals surface area (Å²) in [5.74, 6) is 2.20. The van der Waals surface area contributed by atoms with E-state index in [2.05, 4.69) is 20.5 Å². The zero-order valence-corrected chi connectivity index (χ0v) is 19.5. The van der Waals surface area contributed by atoms with Crippen LogP contribution in [0.15, 0.2) is 60.8 Å². The number of hydrogen-bond donors (Lipinski definition) is 1. The van der Waals surface area contributed by atoms with Crippen molar-refractivity contribution in [2.45, 2.75) is 38.6 Å². The smallest absolute Gasteiger partial charge is 0.224 e. The number of amides is 1. The van der Waals surface area contributed by atoms with Crippen LogP contribution >= 0.6 is 0 Å². The number of carbonyl (C=O) groups excluding carboxylic acids is 1. The molecule has 3 aliphatic heterocycles. The van der Waals surface area contributed by atoms with Gasteiger partial charge in [-0.3, -0.25) is 14.4 Å². The molecule has 6 rings (SSSR count). The molecule has 3 fully saturated rings. The predicted molar refractivity (Wildman–Crippen MR) is 127 cm³/mol. The number of piperidine rings is 3. The van der Waals surface area contributed by atoms with Crippen molar-refractivity contribution >= 4 is 5.91 Å². The second-order valence-electron chi connectivity index (χ2n) is 9.10. The maximum absolute atomic E-state index is 13.0. The number of nitrogens with one attached hydrogen (secondary N) is 1. The Morgan fingerprint density at radius 2 is 1.97 bits per heavy atom. The molecule has 1 unspecified atom stereocenters. The van der Waals surface area contributed by atoms with Crippen LogP contribution in [0.4, 0.5) is 0 Å². The highest BCUT2D eigenvalue weighted by molar-refractivity contribution is 5.79. The SMILES string of the molecule is COc1ccccc1CNC(=O)[C@H]1CN2CC[C@@H]1C[C@@H]2Cn1cc(COc2ccccc2)nn1. The summed E-state index contributed by atoms with van der Waals surface area (Å²) in [7, 11) is 1.66. The Bertz CT molecular complexity index is 1100. The van der Waals surface area contributed by atoms with Crippen LogP contribution in [0, 0.1) is 11.8 Å². The van der Waals surface area contributed by atoms with E-state index >= 15 is 0 Å². The van der Waals surface area contributed by atoms with Gasteiger partial charge < -0.3 is 14.8 Å². The van der Waals surface area contributed by atoms with Gasteiger partial charge in [-0.1, -0.05) is 41.6 Å². The molecule has 8 heteroatoms. The quantitative estimate of drug-likeness (QED) is 0.528. The first kappa shape index (κ1) is 22.4. The Morgan fingerprint density at radius 1 is 1.15 bits per heavy atom. The van der Waals surface area contributed by atoms with Gasteiger partial charge in [0.2, 0.25) is 5.91 Å². The first-order chi connectivity index (χ1) is 16.7. The highest BCUT2D eigenvalue weighted by Gasteiger charge is 2.43. The number of rotatable bonds is 9. The van der Waals surface area contributed by atoms with Crippen LogP contribution in [-0.2, 0) is 24.5 Å². The Morgan fingerprint density at radius 3 is 2.76 bits per heavy atom. The van der Waals surface area contributed by atoms with Gasteiger partial charge >= 0.3 is 0 Å². The third-order valence-corrected chi connectivity index (χ3v) is 6.97. The minimum Gasteiger partial charge on any atom is -0.496 e. The van der Waals surface area contributed by atoms with E-state index in [4.69, 9.17) is 9.47 Å². The van der Waals surface area contributed by atoms with Crippen LogP contribution in [0.5, 0.6) is 11.5 Å². The molecule has 3 saturated heterocycles. The van der Waals surface area contributed by atoms with Crippen LogP contribution in [0.25, 0.3) is 0 Å². The normalized spacial score (nSPS) is 23.4. The van der Waals surface area contributed by atoms with Gasteiger partial charge in [-0.15, -0.1) is 5.10 Å². The number of nitrogens with zero attached hydrogens (tertiary/aromatic N) is 4. The van der Waals surface area contributed by atoms with Crippen molar-refractivity contribution in [3.63, 3.8) is 0 Å². The molecular formula is C26H31N5O3. The molecule has 1 amide bonds. The van der Waals surface area contributed by atoms with Gasteiger partial charge in [0.05, 0.1) is 25.8 Å². The van der Waals surface area contributed by atoms with Crippen molar-refractivity contribution in [2.75, 3.05) is 20.2 Å². The molecule has 3 aliphatic rings. The fraction of sp³-hybridized carbons (Fsp3) is 0.423. The number of hydrogen-bond acceptors (Lipinski definition) is 6. The molecule has 0 aliphatic carbocycles. The maximum atomic E-state index is 13.0. The molecule has 34 heavy (non-hydrogen) atoms. The summed E-state index contributed by atoms with van der Waals surface area (Å²) in [4.78, 5) is 15.4. The van der Waals surface area contributed by atoms with Crippen molar-refractivity contribution in [1.29, 1.82) is 0 Å². The van der Waals surface area contributed by atoms with E-state index in [1.54, 1.807) is 7.11 Å². The number of benzene rings is 2. The largest absolute Gasteiger partial charge is 0.496 e. The predicted octanol–water partition coefficient (Wildman–Crippen LogP) is 2.89. The van der Waals surface area contributed by atoms with Crippen molar-refractivity contribution < 1.29 is 14.3 Å². The van der Waals surface area contributed by atoms with Crippen molar-refractivity contribution in [3.05, 3.63) is 72.1 Å². The van der Waals surface area contributed by atoms with Crippen LogP contribution in [0.3, 0.4) is 0 Å². The summed E-state index contributed by atoms with van der Waals surface area (Å²) in [6.07, 6.45) is 4.03. The fourth-order valence-electron chi connectivity index (χ4n) is 5.17. The van der Waals surface area contributed by atoms with Crippen molar-refractivity contribution in [2.24, 2.45) is 11.8 Å². The molecule has 2 aromatic carbocycles. The molecule has 1 N–H and O–H groups in total. The van der Waals surface area contributed by atoms with Crippen LogP contribution in [0.2, 0.25) is 0 Å². The number of methoxy groups -OCH3 is 1. The lowest BCUT2D eigenvalue weighted by Crippen LogP contribution is -2.58. The van der Waals surface area contributed by atoms with E-state index in [1.165, 1.54) is 0 Å². The molecule has 3 aromatic rings. The molecule has 0 radical (unpaired) electrons. The molecular weight excluding hydrogens is 430 g/mol. The minimum atomic E-state index is 0.0327. The van der Waals surface area contributed by atoms with Crippen LogP contribution in [-0.4, -0.2) is 52.0 Å². The van der Waals surface area contributed by atoms with Gasteiger partial charge in [-0.2, -0.15) is 0 Å². The maximum Gasteiger partial charge on any atom is 0.224 e. The molecule has 1 aromatic heterocycles. The molecule has 2 bridgehead atoms. The number of para-hydroxylation sites is 2. The summed E-state index contributed by atoms with van der Waals surface area (Å²) < 4.78 is 13.1.